The van der Waals surface area contributed by atoms with Gasteiger partial charge in [-0.1, -0.05) is 6.92 Å². The normalized spacial score (nSPS) is 37.4. The molecule has 1 unspecified atom stereocenters. The van der Waals surface area contributed by atoms with E-state index >= 15 is 0 Å². The molecular formula is C31H44N4O4. The highest BCUT2D eigenvalue weighted by Gasteiger charge is 2.56. The minimum atomic E-state index is 0.0822. The van der Waals surface area contributed by atoms with E-state index in [0.29, 0.717) is 29.6 Å². The van der Waals surface area contributed by atoms with Crippen molar-refractivity contribution >= 4 is 24.3 Å². The minimum absolute atomic E-state index is 0.0822. The number of nitrogens with zero attached hydrogens (tertiary/aromatic N) is 4. The van der Waals surface area contributed by atoms with E-state index in [9.17, 15) is 19.2 Å². The molecule has 1 atom stereocenters. The molecular weight excluding hydrogens is 492 g/mol. The third-order valence-corrected chi connectivity index (χ3v) is 11.4. The van der Waals surface area contributed by atoms with Crippen molar-refractivity contribution < 1.29 is 19.2 Å². The summed E-state index contributed by atoms with van der Waals surface area (Å²) in [5.41, 5.74) is 0.132. The highest BCUT2D eigenvalue weighted by molar-refractivity contribution is 5.34. The predicted octanol–water partition coefficient (Wildman–Crippen LogP) is 6.19. The molecule has 0 spiro atoms. The maximum Gasteiger partial charge on any atom is 0.235 e. The Morgan fingerprint density at radius 3 is 0.974 bits per heavy atom. The molecule has 4 rings (SSSR count). The summed E-state index contributed by atoms with van der Waals surface area (Å²) in [7, 11) is 0. The van der Waals surface area contributed by atoms with Gasteiger partial charge in [0.05, 0.1) is 24.2 Å². The first-order chi connectivity index (χ1) is 19.1. The molecule has 0 aromatic rings. The summed E-state index contributed by atoms with van der Waals surface area (Å²) < 4.78 is 0. The lowest BCUT2D eigenvalue weighted by Gasteiger charge is -2.60. The fourth-order valence-electron chi connectivity index (χ4n) is 9.67. The molecule has 4 saturated carbocycles. The van der Waals surface area contributed by atoms with E-state index in [0.717, 1.165) is 103 Å². The number of carbonyl (C=O) groups excluding carboxylic acids is 4. The molecule has 0 saturated heterocycles. The highest BCUT2D eigenvalue weighted by Crippen LogP contribution is 2.63. The monoisotopic (exact) mass is 536 g/mol. The molecule has 212 valence electrons. The van der Waals surface area contributed by atoms with Gasteiger partial charge < -0.3 is 0 Å². The van der Waals surface area contributed by atoms with Gasteiger partial charge in [0, 0.05) is 0 Å². The van der Waals surface area contributed by atoms with E-state index in [2.05, 4.69) is 26.9 Å². The Morgan fingerprint density at radius 1 is 0.462 bits per heavy atom. The number of rotatable bonds is 9. The lowest BCUT2D eigenvalue weighted by molar-refractivity contribution is -0.115. The average Bonchev–Trinajstić information content (AvgIpc) is 2.97. The van der Waals surface area contributed by atoms with Crippen molar-refractivity contribution in [2.45, 2.75) is 134 Å². The Morgan fingerprint density at radius 2 is 0.718 bits per heavy atom. The zero-order valence-electron chi connectivity index (χ0n) is 23.4. The lowest BCUT2D eigenvalue weighted by atomic mass is 9.44. The van der Waals surface area contributed by atoms with Crippen LogP contribution < -0.4 is 0 Å². The van der Waals surface area contributed by atoms with E-state index < -0.39 is 0 Å². The van der Waals surface area contributed by atoms with Crippen LogP contribution in [0.1, 0.15) is 110 Å². The van der Waals surface area contributed by atoms with Gasteiger partial charge >= 0.3 is 0 Å². The fraction of sp³-hybridized carbons (Fsp3) is 0.871. The molecule has 39 heavy (non-hydrogen) atoms. The molecule has 4 aliphatic carbocycles. The number of aliphatic imine (C=N–C) groups is 4. The van der Waals surface area contributed by atoms with E-state index in [1.54, 1.807) is 24.3 Å². The first-order valence-corrected chi connectivity index (χ1v) is 15.3. The first kappa shape index (κ1) is 29.5. The summed E-state index contributed by atoms with van der Waals surface area (Å²) in [6.45, 7) is 2.51. The molecule has 0 heterocycles. The molecule has 8 heteroatoms. The van der Waals surface area contributed by atoms with Crippen LogP contribution in [0.5, 0.6) is 0 Å². The van der Waals surface area contributed by atoms with Crippen molar-refractivity contribution in [3.8, 4) is 0 Å². The van der Waals surface area contributed by atoms with Crippen LogP contribution in [-0.4, -0.2) is 48.5 Å². The molecule has 0 bridgehead atoms. The largest absolute Gasteiger partial charge is 0.235 e. The second-order valence-electron chi connectivity index (χ2n) is 12.8. The summed E-state index contributed by atoms with van der Waals surface area (Å²) in [6, 6.07) is 0.349. The molecule has 4 fully saturated rings. The first-order valence-electron chi connectivity index (χ1n) is 15.3. The van der Waals surface area contributed by atoms with E-state index in [-0.39, 0.29) is 29.6 Å². The zero-order chi connectivity index (χ0) is 27.7. The Bertz CT molecular complexity index is 897. The third kappa shape index (κ3) is 6.64. The molecule has 0 aromatic carbocycles. The molecule has 8 nitrogen and oxygen atoms in total. The van der Waals surface area contributed by atoms with Gasteiger partial charge in [0.25, 0.3) is 0 Å². The van der Waals surface area contributed by atoms with Crippen LogP contribution in [0, 0.1) is 35.0 Å². The Kier molecular flexibility index (Phi) is 10.8. The summed E-state index contributed by atoms with van der Waals surface area (Å²) >= 11 is 0. The van der Waals surface area contributed by atoms with Gasteiger partial charge in [-0.25, -0.2) is 39.1 Å². The summed E-state index contributed by atoms with van der Waals surface area (Å²) in [6.07, 6.45) is 23.3. The SMILES string of the molecule is CC(C1CCC(N=C=O)CC1)C(C1CCC(N=C=O)CC1)(C1CCC(N=C=O)CC1)C1CCC(N=C=O)CC1. The minimum Gasteiger partial charge on any atom is -0.211 e. The van der Waals surface area contributed by atoms with Crippen LogP contribution in [0.4, 0.5) is 0 Å². The van der Waals surface area contributed by atoms with Crippen molar-refractivity contribution in [2.75, 3.05) is 0 Å². The summed E-state index contributed by atoms with van der Waals surface area (Å²) in [5, 5.41) is 0. The lowest BCUT2D eigenvalue weighted by Crippen LogP contribution is -2.54. The van der Waals surface area contributed by atoms with Crippen molar-refractivity contribution in [2.24, 2.45) is 55.0 Å². The number of hydrogen-bond acceptors (Lipinski definition) is 8. The van der Waals surface area contributed by atoms with Crippen LogP contribution in [0.2, 0.25) is 0 Å². The molecule has 0 radical (unpaired) electrons. The third-order valence-electron chi connectivity index (χ3n) is 11.4. The zero-order valence-corrected chi connectivity index (χ0v) is 23.4. The van der Waals surface area contributed by atoms with Gasteiger partial charge in [-0.3, -0.25) is 0 Å². The smallest absolute Gasteiger partial charge is 0.211 e. The Labute approximate surface area is 232 Å². The summed E-state index contributed by atoms with van der Waals surface area (Å²) in [5.74, 6) is 2.71. The second kappa shape index (κ2) is 14.2. The van der Waals surface area contributed by atoms with Crippen molar-refractivity contribution in [3.05, 3.63) is 0 Å². The van der Waals surface area contributed by atoms with Crippen LogP contribution in [0.3, 0.4) is 0 Å². The van der Waals surface area contributed by atoms with Gasteiger partial charge in [0.15, 0.2) is 0 Å². The van der Waals surface area contributed by atoms with Gasteiger partial charge in [0.1, 0.15) is 0 Å². The van der Waals surface area contributed by atoms with Crippen molar-refractivity contribution in [1.82, 2.24) is 0 Å². The van der Waals surface area contributed by atoms with Gasteiger partial charge in [-0.2, -0.15) is 0 Å². The molecule has 0 aliphatic heterocycles. The van der Waals surface area contributed by atoms with Crippen LogP contribution >= 0.6 is 0 Å². The van der Waals surface area contributed by atoms with Crippen LogP contribution in [0.15, 0.2) is 20.0 Å². The van der Waals surface area contributed by atoms with Crippen molar-refractivity contribution in [1.29, 1.82) is 0 Å². The van der Waals surface area contributed by atoms with Crippen LogP contribution in [0.25, 0.3) is 0 Å². The van der Waals surface area contributed by atoms with E-state index in [1.807, 2.05) is 0 Å². The molecule has 4 aliphatic rings. The van der Waals surface area contributed by atoms with Gasteiger partial charge in [0.2, 0.25) is 24.3 Å². The highest BCUT2D eigenvalue weighted by atomic mass is 16.1. The Balaban J connectivity index is 1.69. The molecule has 0 aromatic heterocycles. The summed E-state index contributed by atoms with van der Waals surface area (Å²) in [4.78, 5) is 60.3. The predicted molar refractivity (Wildman–Crippen MR) is 147 cm³/mol. The van der Waals surface area contributed by atoms with E-state index in [4.69, 9.17) is 0 Å². The maximum absolute atomic E-state index is 11.0. The second-order valence-corrected chi connectivity index (χ2v) is 12.8. The van der Waals surface area contributed by atoms with E-state index in [1.165, 1.54) is 0 Å². The van der Waals surface area contributed by atoms with Gasteiger partial charge in [-0.15, -0.1) is 0 Å². The topological polar surface area (TPSA) is 118 Å². The average molecular weight is 537 g/mol. The number of hydrogen-bond donors (Lipinski definition) is 0. The maximum atomic E-state index is 11.0. The van der Waals surface area contributed by atoms with Crippen molar-refractivity contribution in [3.63, 3.8) is 0 Å². The molecule has 0 N–H and O–H groups in total. The fourth-order valence-corrected chi connectivity index (χ4v) is 9.67. The van der Waals surface area contributed by atoms with Crippen LogP contribution in [-0.2, 0) is 19.2 Å². The standard InChI is InChI=1S/C31H44N4O4/c1-22(23-2-10-27(11-3-23)32-18-36)31(24-4-12-28(13-5-24)33-19-37,25-6-14-29(15-7-25)34-20-38)26-8-16-30(17-9-26)35-21-39/h22-30H,2-17H2,1H3. The quantitative estimate of drug-likeness (QED) is 0.258. The number of isocyanates is 4. The van der Waals surface area contributed by atoms with Gasteiger partial charge in [-0.05, 0) is 138 Å². The molecule has 0 amide bonds. The Hall–Kier alpha value is -2.48.